The molecule has 3 rings (SSSR count). The van der Waals surface area contributed by atoms with E-state index >= 15 is 4.39 Å². The van der Waals surface area contributed by atoms with Crippen molar-refractivity contribution >= 4 is 5.97 Å². The normalized spacial score (nSPS) is 15.2. The maximum Gasteiger partial charge on any atom is 0.305 e. The van der Waals surface area contributed by atoms with Crippen LogP contribution in [0.1, 0.15) is 53.5 Å². The second-order valence-corrected chi connectivity index (χ2v) is 6.90. The van der Waals surface area contributed by atoms with E-state index in [-0.39, 0.29) is 17.0 Å². The van der Waals surface area contributed by atoms with Crippen molar-refractivity contribution in [2.45, 2.75) is 45.1 Å². The lowest BCUT2D eigenvalue weighted by Crippen LogP contribution is -2.19. The van der Waals surface area contributed by atoms with Gasteiger partial charge in [-0.05, 0) is 67.0 Å². The van der Waals surface area contributed by atoms with Crippen molar-refractivity contribution in [1.29, 1.82) is 0 Å². The molecule has 0 amide bonds. The molecule has 1 unspecified atom stereocenters. The number of carbonyl (C=O) groups is 1. The third-order valence-electron chi connectivity index (χ3n) is 4.92. The molecule has 2 aromatic carbocycles. The Morgan fingerprint density at radius 2 is 1.88 bits per heavy atom. The minimum Gasteiger partial charge on any atom is -0.481 e. The Kier molecular flexibility index (Phi) is 4.80. The molecule has 0 spiro atoms. The Labute approximate surface area is 149 Å². The van der Waals surface area contributed by atoms with Gasteiger partial charge in [0.2, 0.25) is 0 Å². The second-order valence-electron chi connectivity index (χ2n) is 6.90. The molecule has 3 nitrogen and oxygen atoms in total. The predicted octanol–water partition coefficient (Wildman–Crippen LogP) is 4.74. The van der Waals surface area contributed by atoms with Gasteiger partial charge in [-0.1, -0.05) is 6.07 Å². The van der Waals surface area contributed by atoms with Gasteiger partial charge in [-0.3, -0.25) is 4.79 Å². The Morgan fingerprint density at radius 1 is 1.23 bits per heavy atom. The van der Waals surface area contributed by atoms with Gasteiger partial charge in [-0.15, -0.1) is 0 Å². The van der Waals surface area contributed by atoms with Crippen LogP contribution in [-0.4, -0.2) is 11.1 Å². The van der Waals surface area contributed by atoms with Crippen LogP contribution in [0.5, 0.6) is 0 Å². The number of carboxylic acid groups (broad SMARTS) is 1. The van der Waals surface area contributed by atoms with Gasteiger partial charge in [0.05, 0.1) is 6.42 Å². The zero-order valence-corrected chi connectivity index (χ0v) is 14.6. The third kappa shape index (κ3) is 3.21. The quantitative estimate of drug-likeness (QED) is 0.806. The van der Waals surface area contributed by atoms with Crippen LogP contribution in [0.4, 0.5) is 13.2 Å². The fourth-order valence-electron chi connectivity index (χ4n) is 3.40. The molecule has 0 aliphatic heterocycles. The van der Waals surface area contributed by atoms with E-state index in [2.05, 4.69) is 0 Å². The first-order valence-electron chi connectivity index (χ1n) is 8.47. The third-order valence-corrected chi connectivity index (χ3v) is 4.92. The number of hydrogen-bond donors (Lipinski definition) is 2. The van der Waals surface area contributed by atoms with Gasteiger partial charge in [-0.2, -0.15) is 0 Å². The summed E-state index contributed by atoms with van der Waals surface area (Å²) in [6.45, 7) is 3.26. The van der Waals surface area contributed by atoms with Gasteiger partial charge in [0, 0.05) is 17.2 Å². The number of aliphatic carboxylic acids is 1. The van der Waals surface area contributed by atoms with E-state index in [9.17, 15) is 13.6 Å². The highest BCUT2D eigenvalue weighted by Gasteiger charge is 2.33. The van der Waals surface area contributed by atoms with Gasteiger partial charge < -0.3 is 10.8 Å². The Morgan fingerprint density at radius 3 is 2.46 bits per heavy atom. The van der Waals surface area contributed by atoms with E-state index in [1.807, 2.05) is 0 Å². The lowest BCUT2D eigenvalue weighted by atomic mass is 9.88. The van der Waals surface area contributed by atoms with E-state index in [1.165, 1.54) is 25.1 Å². The molecule has 26 heavy (non-hydrogen) atoms. The molecule has 3 N–H and O–H groups in total. The molecule has 1 aliphatic rings. The van der Waals surface area contributed by atoms with Crippen molar-refractivity contribution in [3.8, 4) is 11.1 Å². The van der Waals surface area contributed by atoms with Crippen molar-refractivity contribution in [2.24, 2.45) is 5.73 Å². The monoisotopic (exact) mass is 363 g/mol. The van der Waals surface area contributed by atoms with Crippen molar-refractivity contribution in [2.75, 3.05) is 0 Å². The number of rotatable bonds is 5. The van der Waals surface area contributed by atoms with Crippen molar-refractivity contribution in [1.82, 2.24) is 0 Å². The summed E-state index contributed by atoms with van der Waals surface area (Å²) in [6.07, 6.45) is 0.954. The Balaban J connectivity index is 2.29. The maximum atomic E-state index is 15.2. The van der Waals surface area contributed by atoms with Crippen LogP contribution >= 0.6 is 0 Å². The molecule has 0 heterocycles. The molecular weight excluding hydrogens is 343 g/mol. The van der Waals surface area contributed by atoms with E-state index in [0.717, 1.165) is 12.8 Å². The van der Waals surface area contributed by atoms with Crippen LogP contribution < -0.4 is 5.73 Å². The standard InChI is InChI=1S/C20H20F3NO2/c1-9-3-6-14(21)10(2)17(9)13-7-12(11-4-5-11)19(22)18(20(13)23)15(24)8-16(25)26/h3,6-7,11,15H,4-5,8,24H2,1-2H3,(H,25,26). The lowest BCUT2D eigenvalue weighted by molar-refractivity contribution is -0.137. The maximum absolute atomic E-state index is 15.2. The van der Waals surface area contributed by atoms with Crippen molar-refractivity contribution in [3.05, 3.63) is 57.9 Å². The highest BCUT2D eigenvalue weighted by atomic mass is 19.1. The number of carboxylic acids is 1. The molecule has 0 saturated heterocycles. The zero-order chi connectivity index (χ0) is 19.2. The average Bonchev–Trinajstić information content (AvgIpc) is 3.37. The van der Waals surface area contributed by atoms with Crippen LogP contribution in [0.15, 0.2) is 18.2 Å². The number of nitrogens with two attached hydrogens (primary N) is 1. The highest BCUT2D eigenvalue weighted by molar-refractivity contribution is 5.74. The minimum absolute atomic E-state index is 0.0423. The molecular formula is C20H20F3NO2. The molecule has 138 valence electrons. The molecule has 1 aliphatic carbocycles. The van der Waals surface area contributed by atoms with Gasteiger partial charge in [0.15, 0.2) is 0 Å². The van der Waals surface area contributed by atoms with E-state index in [4.69, 9.17) is 10.8 Å². The number of hydrogen-bond acceptors (Lipinski definition) is 2. The lowest BCUT2D eigenvalue weighted by Gasteiger charge is -2.20. The molecule has 0 bridgehead atoms. The molecule has 1 atom stereocenters. The molecule has 1 fully saturated rings. The summed E-state index contributed by atoms with van der Waals surface area (Å²) in [5.41, 5.74) is 7.02. The summed E-state index contributed by atoms with van der Waals surface area (Å²) in [6, 6.07) is 2.94. The summed E-state index contributed by atoms with van der Waals surface area (Å²) in [4.78, 5) is 11.0. The first-order chi connectivity index (χ1) is 12.2. The zero-order valence-electron chi connectivity index (χ0n) is 14.6. The minimum atomic E-state index is -1.32. The topological polar surface area (TPSA) is 63.3 Å². The van der Waals surface area contributed by atoms with Crippen LogP contribution in [0, 0.1) is 31.3 Å². The van der Waals surface area contributed by atoms with Crippen molar-refractivity contribution in [3.63, 3.8) is 0 Å². The van der Waals surface area contributed by atoms with Crippen LogP contribution in [0.3, 0.4) is 0 Å². The van der Waals surface area contributed by atoms with Gasteiger partial charge >= 0.3 is 5.97 Å². The average molecular weight is 363 g/mol. The summed E-state index contributed by atoms with van der Waals surface area (Å²) < 4.78 is 44.2. The van der Waals surface area contributed by atoms with Crippen LogP contribution in [0.2, 0.25) is 0 Å². The molecule has 0 aromatic heterocycles. The molecule has 6 heteroatoms. The predicted molar refractivity (Wildman–Crippen MR) is 92.4 cm³/mol. The first-order valence-corrected chi connectivity index (χ1v) is 8.47. The summed E-state index contributed by atoms with van der Waals surface area (Å²) in [7, 11) is 0. The van der Waals surface area contributed by atoms with Crippen molar-refractivity contribution < 1.29 is 23.1 Å². The molecule has 1 saturated carbocycles. The fourth-order valence-corrected chi connectivity index (χ4v) is 3.40. The Bertz CT molecular complexity index is 891. The first kappa shape index (κ1) is 18.5. The number of halogens is 3. The number of benzene rings is 2. The Hall–Kier alpha value is -2.34. The van der Waals surface area contributed by atoms with E-state index in [0.29, 0.717) is 16.7 Å². The van der Waals surface area contributed by atoms with Gasteiger partial charge in [0.1, 0.15) is 17.5 Å². The largest absolute Gasteiger partial charge is 0.481 e. The van der Waals surface area contributed by atoms with E-state index in [1.54, 1.807) is 6.92 Å². The van der Waals surface area contributed by atoms with Gasteiger partial charge in [-0.25, -0.2) is 13.2 Å². The van der Waals surface area contributed by atoms with Gasteiger partial charge in [0.25, 0.3) is 0 Å². The van der Waals surface area contributed by atoms with Crippen LogP contribution in [0.25, 0.3) is 11.1 Å². The van der Waals surface area contributed by atoms with E-state index < -0.39 is 41.4 Å². The summed E-state index contributed by atoms with van der Waals surface area (Å²) >= 11 is 0. The second kappa shape index (κ2) is 6.76. The van der Waals surface area contributed by atoms with Crippen LogP contribution in [-0.2, 0) is 4.79 Å². The molecule has 2 aromatic rings. The SMILES string of the molecule is Cc1ccc(F)c(C)c1-c1cc(C2CC2)c(F)c(C(N)CC(=O)O)c1F. The fraction of sp³-hybridized carbons (Fsp3) is 0.350. The molecule has 0 radical (unpaired) electrons. The number of aryl methyl sites for hydroxylation is 1. The summed E-state index contributed by atoms with van der Waals surface area (Å²) in [5, 5.41) is 8.95. The highest BCUT2D eigenvalue weighted by Crippen LogP contribution is 2.46. The smallest absolute Gasteiger partial charge is 0.305 e. The summed E-state index contributed by atoms with van der Waals surface area (Å²) in [5.74, 6) is -3.47.